The van der Waals surface area contributed by atoms with Crippen molar-refractivity contribution in [3.8, 4) is 0 Å². The van der Waals surface area contributed by atoms with Gasteiger partial charge in [0.15, 0.2) is 0 Å². The molecule has 0 fully saturated rings. The second kappa shape index (κ2) is 7.78. The van der Waals surface area contributed by atoms with Gasteiger partial charge in [-0.2, -0.15) is 4.39 Å². The van der Waals surface area contributed by atoms with Crippen molar-refractivity contribution in [1.29, 1.82) is 0 Å². The molecule has 1 aromatic rings. The number of anilines is 1. The van der Waals surface area contributed by atoms with Gasteiger partial charge in [0, 0.05) is 24.8 Å². The van der Waals surface area contributed by atoms with Gasteiger partial charge in [-0.15, -0.1) is 13.2 Å². The number of halogens is 1. The topological polar surface area (TPSA) is 75.5 Å². The molecule has 1 rings (SSSR count). The lowest BCUT2D eigenvalue weighted by Crippen LogP contribution is -2.35. The smallest absolute Gasteiger partial charge is 0.306 e. The number of carbonyl (C=O) groups excluding carboxylic acids is 1. The van der Waals surface area contributed by atoms with Crippen molar-refractivity contribution in [2.24, 2.45) is 0 Å². The highest BCUT2D eigenvalue weighted by molar-refractivity contribution is 5.81. The predicted octanol–water partition coefficient (Wildman–Crippen LogP) is 2.35. The molecular weight excluding hydrogens is 277 g/mol. The fourth-order valence-corrected chi connectivity index (χ4v) is 1.64. The summed E-state index contributed by atoms with van der Waals surface area (Å²) in [7, 11) is 0. The zero-order valence-electron chi connectivity index (χ0n) is 11.4. The van der Waals surface area contributed by atoms with E-state index >= 15 is 0 Å². The normalized spacial score (nSPS) is 9.76. The lowest BCUT2D eigenvalue weighted by atomic mass is 10.2. The zero-order valence-corrected chi connectivity index (χ0v) is 11.4. The van der Waals surface area contributed by atoms with Gasteiger partial charge in [-0.25, -0.2) is 0 Å². The van der Waals surface area contributed by atoms with E-state index in [2.05, 4.69) is 18.5 Å². The van der Waals surface area contributed by atoms with Crippen LogP contribution < -0.4 is 5.32 Å². The number of nitrogens with one attached hydrogen (secondary N) is 1. The first-order chi connectivity index (χ1) is 9.99. The maximum atomic E-state index is 13.2. The molecular formula is C14H16FN3O3. The average molecular weight is 293 g/mol. The van der Waals surface area contributed by atoms with Crippen LogP contribution in [0.15, 0.2) is 43.5 Å². The number of nitro groups is 1. The van der Waals surface area contributed by atoms with E-state index in [0.29, 0.717) is 18.8 Å². The zero-order chi connectivity index (χ0) is 15.8. The first-order valence-corrected chi connectivity index (χ1v) is 6.17. The highest BCUT2D eigenvalue weighted by Gasteiger charge is 2.15. The quantitative estimate of drug-likeness (QED) is 0.453. The molecule has 0 heterocycles. The van der Waals surface area contributed by atoms with Gasteiger partial charge >= 0.3 is 5.69 Å². The molecule has 7 heteroatoms. The standard InChI is InChI=1S/C14H16FN3O3/c1-3-7-17(8-4-2)14(19)10-16-11-5-6-12(15)13(9-11)18(20)21/h3-6,9,16H,1-2,7-8,10H2. The Kier molecular flexibility index (Phi) is 6.06. The molecule has 1 aromatic carbocycles. The molecule has 1 amide bonds. The molecule has 0 aromatic heterocycles. The number of carbonyl (C=O) groups is 1. The molecule has 0 aliphatic carbocycles. The third-order valence-corrected chi connectivity index (χ3v) is 2.64. The molecule has 0 bridgehead atoms. The van der Waals surface area contributed by atoms with Gasteiger partial charge in [-0.1, -0.05) is 12.2 Å². The lowest BCUT2D eigenvalue weighted by Gasteiger charge is -2.19. The summed E-state index contributed by atoms with van der Waals surface area (Å²) in [4.78, 5) is 23.3. The summed E-state index contributed by atoms with van der Waals surface area (Å²) in [6, 6.07) is 3.37. The largest absolute Gasteiger partial charge is 0.376 e. The molecule has 0 aliphatic heterocycles. The number of hydrogen-bond acceptors (Lipinski definition) is 4. The Bertz CT molecular complexity index is 550. The van der Waals surface area contributed by atoms with Crippen LogP contribution in [0, 0.1) is 15.9 Å². The van der Waals surface area contributed by atoms with Gasteiger partial charge < -0.3 is 10.2 Å². The van der Waals surface area contributed by atoms with Gasteiger partial charge in [0.1, 0.15) is 0 Å². The fourth-order valence-electron chi connectivity index (χ4n) is 1.64. The van der Waals surface area contributed by atoms with Crippen molar-refractivity contribution >= 4 is 17.3 Å². The Morgan fingerprint density at radius 2 is 2.00 bits per heavy atom. The Morgan fingerprint density at radius 3 is 2.52 bits per heavy atom. The number of nitrogens with zero attached hydrogens (tertiary/aromatic N) is 2. The van der Waals surface area contributed by atoms with Crippen molar-refractivity contribution in [3.05, 3.63) is 59.4 Å². The first kappa shape index (κ1) is 16.4. The molecule has 21 heavy (non-hydrogen) atoms. The number of nitro benzene ring substituents is 1. The highest BCUT2D eigenvalue weighted by atomic mass is 19.1. The van der Waals surface area contributed by atoms with Crippen LogP contribution in [0.3, 0.4) is 0 Å². The van der Waals surface area contributed by atoms with Crippen molar-refractivity contribution in [3.63, 3.8) is 0 Å². The predicted molar refractivity (Wildman–Crippen MR) is 78.5 cm³/mol. The fraction of sp³-hybridized carbons (Fsp3) is 0.214. The molecule has 0 saturated carbocycles. The van der Waals surface area contributed by atoms with Gasteiger partial charge in [0.25, 0.3) is 0 Å². The number of hydrogen-bond donors (Lipinski definition) is 1. The SMILES string of the molecule is C=CCN(CC=C)C(=O)CNc1ccc(F)c([N+](=O)[O-])c1. The van der Waals surface area contributed by atoms with Crippen LogP contribution in [0.1, 0.15) is 0 Å². The van der Waals surface area contributed by atoms with E-state index < -0.39 is 16.4 Å². The van der Waals surface area contributed by atoms with Crippen molar-refractivity contribution in [1.82, 2.24) is 4.90 Å². The maximum Gasteiger partial charge on any atom is 0.306 e. The van der Waals surface area contributed by atoms with E-state index in [0.717, 1.165) is 12.1 Å². The molecule has 6 nitrogen and oxygen atoms in total. The summed E-state index contributed by atoms with van der Waals surface area (Å²) in [6.45, 7) is 7.80. The summed E-state index contributed by atoms with van der Waals surface area (Å²) in [5.74, 6) is -1.14. The first-order valence-electron chi connectivity index (χ1n) is 6.17. The van der Waals surface area contributed by atoms with Crippen LogP contribution in [0.4, 0.5) is 15.8 Å². The van der Waals surface area contributed by atoms with Gasteiger partial charge in [-0.3, -0.25) is 14.9 Å². The van der Waals surface area contributed by atoms with Crippen molar-refractivity contribution in [2.45, 2.75) is 0 Å². The molecule has 0 radical (unpaired) electrons. The van der Waals surface area contributed by atoms with E-state index in [1.807, 2.05) is 0 Å². The Hall–Kier alpha value is -2.70. The number of amides is 1. The Labute approximate surface area is 121 Å². The minimum absolute atomic E-state index is 0.0650. The third-order valence-electron chi connectivity index (χ3n) is 2.64. The van der Waals surface area contributed by atoms with Gasteiger partial charge in [0.2, 0.25) is 11.7 Å². The number of rotatable bonds is 8. The molecule has 0 unspecified atom stereocenters. The third kappa shape index (κ3) is 4.72. The minimum atomic E-state index is -0.920. The summed E-state index contributed by atoms with van der Waals surface area (Å²) >= 11 is 0. The monoisotopic (exact) mass is 293 g/mol. The van der Waals surface area contributed by atoms with Crippen LogP contribution >= 0.6 is 0 Å². The van der Waals surface area contributed by atoms with E-state index in [9.17, 15) is 19.3 Å². The highest BCUT2D eigenvalue weighted by Crippen LogP contribution is 2.21. The second-order valence-corrected chi connectivity index (χ2v) is 4.15. The second-order valence-electron chi connectivity index (χ2n) is 4.15. The minimum Gasteiger partial charge on any atom is -0.376 e. The molecule has 0 aliphatic rings. The molecule has 112 valence electrons. The Balaban J connectivity index is 2.72. The molecule has 0 spiro atoms. The van der Waals surface area contributed by atoms with E-state index in [4.69, 9.17) is 0 Å². The van der Waals surface area contributed by atoms with E-state index in [1.165, 1.54) is 11.0 Å². The average Bonchev–Trinajstić information content (AvgIpc) is 2.45. The Morgan fingerprint density at radius 1 is 1.38 bits per heavy atom. The van der Waals surface area contributed by atoms with Crippen molar-refractivity contribution < 1.29 is 14.1 Å². The molecule has 1 N–H and O–H groups in total. The van der Waals surface area contributed by atoms with Gasteiger partial charge in [-0.05, 0) is 12.1 Å². The van der Waals surface area contributed by atoms with Crippen LogP contribution in [0.5, 0.6) is 0 Å². The summed E-state index contributed by atoms with van der Waals surface area (Å²) in [5, 5.41) is 13.4. The summed E-state index contributed by atoms with van der Waals surface area (Å²) in [6.07, 6.45) is 3.17. The van der Waals surface area contributed by atoms with E-state index in [-0.39, 0.29) is 12.5 Å². The van der Waals surface area contributed by atoms with Crippen LogP contribution in [-0.2, 0) is 4.79 Å². The summed E-state index contributed by atoms with van der Waals surface area (Å²) in [5.41, 5.74) is -0.338. The van der Waals surface area contributed by atoms with Gasteiger partial charge in [0.05, 0.1) is 11.5 Å². The molecule has 0 saturated heterocycles. The maximum absolute atomic E-state index is 13.2. The molecule has 0 atom stereocenters. The van der Waals surface area contributed by atoms with Crippen LogP contribution in [-0.4, -0.2) is 35.4 Å². The lowest BCUT2D eigenvalue weighted by molar-refractivity contribution is -0.387. The van der Waals surface area contributed by atoms with Crippen LogP contribution in [0.2, 0.25) is 0 Å². The number of benzene rings is 1. The van der Waals surface area contributed by atoms with Crippen molar-refractivity contribution in [2.75, 3.05) is 25.0 Å². The summed E-state index contributed by atoms with van der Waals surface area (Å²) < 4.78 is 13.2. The van der Waals surface area contributed by atoms with Crippen LogP contribution in [0.25, 0.3) is 0 Å². The van der Waals surface area contributed by atoms with E-state index in [1.54, 1.807) is 12.2 Å².